The number of nitrogens with zero attached hydrogens (tertiary/aromatic N) is 2. The van der Waals surface area contributed by atoms with Gasteiger partial charge >= 0.3 is 18.1 Å². The molecule has 1 rings (SSSR count). The monoisotopic (exact) mass is 256 g/mol. The highest BCUT2D eigenvalue weighted by Gasteiger charge is 2.60. The molecule has 0 radical (unpaired) electrons. The Balaban J connectivity index is 3.07. The molecule has 1 aromatic heterocycles. The molecule has 0 aliphatic rings. The van der Waals surface area contributed by atoms with Gasteiger partial charge in [-0.3, -0.25) is 0 Å². The second-order valence-electron chi connectivity index (χ2n) is 2.87. The molecule has 0 N–H and O–H groups in total. The third-order valence-corrected chi connectivity index (χ3v) is 1.74. The first-order valence-corrected chi connectivity index (χ1v) is 4.07. The van der Waals surface area contributed by atoms with Crippen molar-refractivity contribution in [1.29, 1.82) is 0 Å². The van der Waals surface area contributed by atoms with E-state index in [4.69, 9.17) is 0 Å². The highest BCUT2D eigenvalue weighted by atomic mass is 19.4. The van der Waals surface area contributed by atoms with Gasteiger partial charge in [-0.15, -0.1) is 10.2 Å². The minimum absolute atomic E-state index is 0.368. The second kappa shape index (κ2) is 4.22. The Kier molecular flexibility index (Phi) is 3.30. The van der Waals surface area contributed by atoms with Gasteiger partial charge in [0.25, 0.3) is 0 Å². The number of hydrogen-bond acceptors (Lipinski definition) is 4. The lowest BCUT2D eigenvalue weighted by Crippen LogP contribution is -2.34. The van der Waals surface area contributed by atoms with E-state index in [0.717, 1.165) is 7.11 Å². The van der Waals surface area contributed by atoms with Gasteiger partial charge in [0.2, 0.25) is 0 Å². The van der Waals surface area contributed by atoms with Crippen LogP contribution in [-0.2, 0) is 10.7 Å². The van der Waals surface area contributed by atoms with Crippen LogP contribution in [0.2, 0.25) is 0 Å². The maximum Gasteiger partial charge on any atom is 0.459 e. The first kappa shape index (κ1) is 13.3. The predicted molar refractivity (Wildman–Crippen MR) is 43.3 cm³/mol. The van der Waals surface area contributed by atoms with Crippen molar-refractivity contribution in [2.75, 3.05) is 7.11 Å². The summed E-state index contributed by atoms with van der Waals surface area (Å²) in [6.07, 6.45) is -5.77. The van der Waals surface area contributed by atoms with Crippen LogP contribution < -0.4 is 0 Å². The number of halogens is 5. The molecular weight excluding hydrogens is 251 g/mol. The van der Waals surface area contributed by atoms with Crippen molar-refractivity contribution >= 4 is 5.97 Å². The lowest BCUT2D eigenvalue weighted by Gasteiger charge is -2.18. The fourth-order valence-electron chi connectivity index (χ4n) is 0.858. The minimum atomic E-state index is -5.77. The van der Waals surface area contributed by atoms with Crippen molar-refractivity contribution in [3.05, 3.63) is 23.5 Å². The van der Waals surface area contributed by atoms with Gasteiger partial charge in [0.1, 0.15) is 5.69 Å². The summed E-state index contributed by atoms with van der Waals surface area (Å²) in [5, 5.41) is 5.59. The average Bonchev–Trinajstić information content (AvgIpc) is 2.26. The van der Waals surface area contributed by atoms with Crippen LogP contribution in [0.1, 0.15) is 16.2 Å². The fourth-order valence-corrected chi connectivity index (χ4v) is 0.858. The zero-order valence-electron chi connectivity index (χ0n) is 8.26. The molecule has 4 nitrogen and oxygen atoms in total. The second-order valence-corrected chi connectivity index (χ2v) is 2.87. The molecule has 0 bridgehead atoms. The van der Waals surface area contributed by atoms with E-state index in [9.17, 15) is 26.7 Å². The van der Waals surface area contributed by atoms with Crippen molar-refractivity contribution in [2.45, 2.75) is 12.1 Å². The topological polar surface area (TPSA) is 52.1 Å². The number of aromatic nitrogens is 2. The quantitative estimate of drug-likeness (QED) is 0.599. The number of esters is 1. The molecule has 0 aliphatic heterocycles. The molecule has 0 unspecified atom stereocenters. The summed E-state index contributed by atoms with van der Waals surface area (Å²) in [5.41, 5.74) is -2.05. The zero-order valence-corrected chi connectivity index (χ0v) is 8.26. The van der Waals surface area contributed by atoms with Gasteiger partial charge < -0.3 is 4.74 Å². The Bertz CT molecular complexity index is 415. The lowest BCUT2D eigenvalue weighted by atomic mass is 10.2. The molecule has 0 aliphatic carbocycles. The molecule has 0 aromatic carbocycles. The van der Waals surface area contributed by atoms with Crippen molar-refractivity contribution in [2.24, 2.45) is 0 Å². The normalized spacial score (nSPS) is 12.4. The average molecular weight is 256 g/mol. The van der Waals surface area contributed by atoms with Crippen LogP contribution in [0.15, 0.2) is 12.1 Å². The third kappa shape index (κ3) is 2.48. The van der Waals surface area contributed by atoms with Gasteiger partial charge in [-0.1, -0.05) is 0 Å². The van der Waals surface area contributed by atoms with Crippen LogP contribution in [0.3, 0.4) is 0 Å². The van der Waals surface area contributed by atoms with E-state index < -0.39 is 29.5 Å². The number of alkyl halides is 5. The number of methoxy groups -OCH3 is 1. The number of rotatable bonds is 2. The molecule has 0 atom stereocenters. The largest absolute Gasteiger partial charge is 0.464 e. The van der Waals surface area contributed by atoms with Gasteiger partial charge in [0.15, 0.2) is 5.69 Å². The molecule has 9 heteroatoms. The molecule has 0 amide bonds. The van der Waals surface area contributed by atoms with Crippen LogP contribution in [0.4, 0.5) is 22.0 Å². The molecule has 1 aromatic rings. The summed E-state index contributed by atoms with van der Waals surface area (Å²) in [4.78, 5) is 10.8. The zero-order chi connectivity index (χ0) is 13.3. The smallest absolute Gasteiger partial charge is 0.459 e. The summed E-state index contributed by atoms with van der Waals surface area (Å²) < 4.78 is 65.5. The summed E-state index contributed by atoms with van der Waals surface area (Å²) >= 11 is 0. The van der Waals surface area contributed by atoms with Crippen LogP contribution in [0, 0.1) is 0 Å². The summed E-state index contributed by atoms with van der Waals surface area (Å²) in [5.74, 6) is -6.10. The van der Waals surface area contributed by atoms with Gasteiger partial charge in [-0.25, -0.2) is 4.79 Å². The van der Waals surface area contributed by atoms with E-state index in [1.165, 1.54) is 0 Å². The summed E-state index contributed by atoms with van der Waals surface area (Å²) in [7, 11) is 1.00. The van der Waals surface area contributed by atoms with Crippen molar-refractivity contribution in [3.8, 4) is 0 Å². The van der Waals surface area contributed by atoms with E-state index >= 15 is 0 Å². The van der Waals surface area contributed by atoms with Crippen molar-refractivity contribution in [3.63, 3.8) is 0 Å². The van der Waals surface area contributed by atoms with E-state index in [1.807, 2.05) is 0 Å². The Hall–Kier alpha value is -1.80. The Morgan fingerprint density at radius 1 is 1.18 bits per heavy atom. The van der Waals surface area contributed by atoms with E-state index in [0.29, 0.717) is 12.1 Å². The number of carbonyl (C=O) groups excluding carboxylic acids is 1. The Morgan fingerprint density at radius 3 is 2.12 bits per heavy atom. The SMILES string of the molecule is COC(=O)c1ccc(C(F)(F)C(F)(F)F)nn1. The molecule has 1 heterocycles. The number of carbonyl (C=O) groups is 1. The van der Waals surface area contributed by atoms with Gasteiger partial charge in [-0.05, 0) is 12.1 Å². The summed E-state index contributed by atoms with van der Waals surface area (Å²) in [6, 6.07) is 1.04. The molecule has 0 fully saturated rings. The van der Waals surface area contributed by atoms with E-state index in [1.54, 1.807) is 0 Å². The van der Waals surface area contributed by atoms with Gasteiger partial charge in [0, 0.05) is 0 Å². The van der Waals surface area contributed by atoms with Crippen LogP contribution in [0.25, 0.3) is 0 Å². The highest BCUT2D eigenvalue weighted by Crippen LogP contribution is 2.42. The first-order chi connectivity index (χ1) is 7.70. The first-order valence-electron chi connectivity index (χ1n) is 4.07. The van der Waals surface area contributed by atoms with Crippen LogP contribution in [-0.4, -0.2) is 29.5 Å². The molecular formula is C8H5F5N2O2. The van der Waals surface area contributed by atoms with Crippen molar-refractivity contribution < 1.29 is 31.5 Å². The molecule has 0 spiro atoms. The Labute approximate surface area is 91.4 Å². The molecule has 94 valence electrons. The van der Waals surface area contributed by atoms with Gasteiger partial charge in [-0.2, -0.15) is 22.0 Å². The minimum Gasteiger partial charge on any atom is -0.464 e. The van der Waals surface area contributed by atoms with E-state index in [2.05, 4.69) is 14.9 Å². The number of ether oxygens (including phenoxy) is 1. The van der Waals surface area contributed by atoms with Gasteiger partial charge in [0.05, 0.1) is 7.11 Å². The van der Waals surface area contributed by atoms with Crippen molar-refractivity contribution in [1.82, 2.24) is 10.2 Å². The molecule has 0 saturated heterocycles. The summed E-state index contributed by atoms with van der Waals surface area (Å²) in [6.45, 7) is 0. The molecule has 17 heavy (non-hydrogen) atoms. The van der Waals surface area contributed by atoms with Crippen LogP contribution >= 0.6 is 0 Å². The number of hydrogen-bond donors (Lipinski definition) is 0. The maximum atomic E-state index is 12.7. The van der Waals surface area contributed by atoms with Crippen LogP contribution in [0.5, 0.6) is 0 Å². The standard InChI is InChI=1S/C8H5F5N2O2/c1-17-6(16)4-2-3-5(15-14-4)7(9,10)8(11,12)13/h2-3H,1H3. The Morgan fingerprint density at radius 2 is 1.76 bits per heavy atom. The maximum absolute atomic E-state index is 12.7. The molecule has 0 saturated carbocycles. The fraction of sp³-hybridized carbons (Fsp3) is 0.375. The third-order valence-electron chi connectivity index (χ3n) is 1.74. The lowest BCUT2D eigenvalue weighted by molar-refractivity contribution is -0.291. The highest BCUT2D eigenvalue weighted by molar-refractivity contribution is 5.86. The predicted octanol–water partition coefficient (Wildman–Crippen LogP) is 1.92. The van der Waals surface area contributed by atoms with E-state index in [-0.39, 0.29) is 0 Å².